The van der Waals surface area contributed by atoms with Crippen molar-refractivity contribution in [2.45, 2.75) is 39.1 Å². The molecular weight excluding hydrogens is 469 g/mol. The summed E-state index contributed by atoms with van der Waals surface area (Å²) in [5.74, 6) is 0.0668. The Morgan fingerprint density at radius 3 is 2.47 bits per heavy atom. The lowest BCUT2D eigenvalue weighted by Gasteiger charge is -2.15. The van der Waals surface area contributed by atoms with E-state index in [2.05, 4.69) is 0 Å². The predicted molar refractivity (Wildman–Crippen MR) is 123 cm³/mol. The minimum atomic E-state index is -4.56. The topological polar surface area (TPSA) is 77.4 Å². The van der Waals surface area contributed by atoms with Crippen LogP contribution < -0.4 is 11.2 Å². The number of aliphatic hydroxyl groups excluding tert-OH is 1. The van der Waals surface area contributed by atoms with Crippen molar-refractivity contribution < 1.29 is 22.7 Å². The van der Waals surface area contributed by atoms with Gasteiger partial charge in [0.25, 0.3) is 5.56 Å². The van der Waals surface area contributed by atoms with Crippen LogP contribution in [0.1, 0.15) is 47.1 Å². The highest BCUT2D eigenvalue weighted by Gasteiger charge is 2.34. The van der Waals surface area contributed by atoms with Crippen molar-refractivity contribution in [2.24, 2.45) is 13.0 Å². The fourth-order valence-electron chi connectivity index (χ4n) is 4.06. The summed E-state index contributed by atoms with van der Waals surface area (Å²) in [6.07, 6.45) is -3.38. The molecule has 4 aromatic rings. The van der Waals surface area contributed by atoms with Gasteiger partial charge in [-0.15, -0.1) is 11.3 Å². The third-order valence-electron chi connectivity index (χ3n) is 5.64. The summed E-state index contributed by atoms with van der Waals surface area (Å²) < 4.78 is 48.5. The third kappa shape index (κ3) is 4.23. The highest BCUT2D eigenvalue weighted by atomic mass is 32.1. The fourth-order valence-corrected chi connectivity index (χ4v) is 5.41. The van der Waals surface area contributed by atoms with Gasteiger partial charge in [-0.2, -0.15) is 13.2 Å². The number of rotatable bonds is 6. The van der Waals surface area contributed by atoms with E-state index < -0.39 is 29.1 Å². The van der Waals surface area contributed by atoms with Gasteiger partial charge in [-0.1, -0.05) is 32.0 Å². The molecule has 0 aliphatic rings. The van der Waals surface area contributed by atoms with E-state index in [0.717, 1.165) is 22.0 Å². The molecule has 0 aliphatic heterocycles. The average Bonchev–Trinajstić information content (AvgIpc) is 3.43. The van der Waals surface area contributed by atoms with Crippen molar-refractivity contribution in [3.05, 3.63) is 90.8 Å². The first kappa shape index (κ1) is 24.0. The quantitative estimate of drug-likeness (QED) is 0.423. The van der Waals surface area contributed by atoms with E-state index in [0.29, 0.717) is 21.8 Å². The van der Waals surface area contributed by atoms with Crippen LogP contribution in [0.4, 0.5) is 13.2 Å². The first-order valence-corrected chi connectivity index (χ1v) is 11.4. The SMILES string of the molecule is CC(C)Cn1c(=O)n(C)c(=O)c2c(C(O)c3ccoc3)c(Cc3ccccc3C(F)(F)F)sc21. The maximum absolute atomic E-state index is 13.7. The van der Waals surface area contributed by atoms with Crippen molar-refractivity contribution in [3.63, 3.8) is 0 Å². The second-order valence-corrected chi connectivity index (χ2v) is 9.64. The van der Waals surface area contributed by atoms with Crippen molar-refractivity contribution in [2.75, 3.05) is 0 Å². The first-order chi connectivity index (χ1) is 16.0. The summed E-state index contributed by atoms with van der Waals surface area (Å²) >= 11 is 1.06. The Morgan fingerprint density at radius 1 is 1.15 bits per heavy atom. The number of benzene rings is 1. The Morgan fingerprint density at radius 2 is 1.85 bits per heavy atom. The molecule has 10 heteroatoms. The minimum Gasteiger partial charge on any atom is -0.472 e. The molecule has 34 heavy (non-hydrogen) atoms. The zero-order valence-electron chi connectivity index (χ0n) is 18.7. The molecule has 1 unspecified atom stereocenters. The monoisotopic (exact) mass is 492 g/mol. The van der Waals surface area contributed by atoms with Gasteiger partial charge in [0.2, 0.25) is 0 Å². The van der Waals surface area contributed by atoms with Crippen molar-refractivity contribution >= 4 is 21.6 Å². The summed E-state index contributed by atoms with van der Waals surface area (Å²) in [5.41, 5.74) is -1.35. The number of halogens is 3. The normalized spacial score (nSPS) is 13.2. The molecule has 0 saturated heterocycles. The number of furan rings is 1. The minimum absolute atomic E-state index is 0.0109. The molecule has 1 atom stereocenters. The Bertz CT molecular complexity index is 1450. The van der Waals surface area contributed by atoms with Crippen LogP contribution in [0, 0.1) is 5.92 Å². The van der Waals surface area contributed by atoms with Crippen LogP contribution in [0.2, 0.25) is 0 Å². The van der Waals surface area contributed by atoms with Crippen LogP contribution in [0.3, 0.4) is 0 Å². The predicted octanol–water partition coefficient (Wildman–Crippen LogP) is 4.70. The van der Waals surface area contributed by atoms with Gasteiger partial charge in [-0.05, 0) is 23.6 Å². The van der Waals surface area contributed by atoms with E-state index >= 15 is 0 Å². The van der Waals surface area contributed by atoms with Gasteiger partial charge in [0.1, 0.15) is 10.9 Å². The second kappa shape index (κ2) is 8.92. The Balaban J connectivity index is 2.04. The van der Waals surface area contributed by atoms with E-state index in [1.807, 2.05) is 13.8 Å². The molecule has 6 nitrogen and oxygen atoms in total. The molecule has 3 aromatic heterocycles. The van der Waals surface area contributed by atoms with Gasteiger partial charge in [0, 0.05) is 36.0 Å². The Hall–Kier alpha value is -3.11. The van der Waals surface area contributed by atoms with Crippen LogP contribution in [-0.4, -0.2) is 14.2 Å². The number of aromatic nitrogens is 2. The summed E-state index contributed by atoms with van der Waals surface area (Å²) in [7, 11) is 1.35. The van der Waals surface area contributed by atoms with Crippen molar-refractivity contribution in [3.8, 4) is 0 Å². The highest BCUT2D eigenvalue weighted by molar-refractivity contribution is 7.18. The van der Waals surface area contributed by atoms with Gasteiger partial charge in [0.05, 0.1) is 23.5 Å². The summed E-state index contributed by atoms with van der Waals surface area (Å²) in [4.78, 5) is 26.8. The third-order valence-corrected chi connectivity index (χ3v) is 6.87. The van der Waals surface area contributed by atoms with Crippen LogP contribution in [0.25, 0.3) is 10.2 Å². The number of thiophene rings is 1. The van der Waals surface area contributed by atoms with E-state index in [1.165, 1.54) is 48.4 Å². The summed E-state index contributed by atoms with van der Waals surface area (Å²) in [6.45, 7) is 4.14. The van der Waals surface area contributed by atoms with Crippen LogP contribution >= 0.6 is 11.3 Å². The molecule has 0 radical (unpaired) electrons. The van der Waals surface area contributed by atoms with Crippen LogP contribution in [0.15, 0.2) is 56.9 Å². The lowest BCUT2D eigenvalue weighted by atomic mass is 9.96. The van der Waals surface area contributed by atoms with Crippen LogP contribution in [-0.2, 0) is 26.2 Å². The Labute approximate surface area is 196 Å². The van der Waals surface area contributed by atoms with Gasteiger partial charge in [-0.25, -0.2) is 4.79 Å². The Kier molecular flexibility index (Phi) is 6.30. The molecular formula is C24H23F3N2O4S. The number of alkyl halides is 3. The molecule has 0 fully saturated rings. The number of hydrogen-bond donors (Lipinski definition) is 1. The van der Waals surface area contributed by atoms with E-state index in [9.17, 15) is 27.9 Å². The van der Waals surface area contributed by atoms with Gasteiger partial charge in [0.15, 0.2) is 0 Å². The summed E-state index contributed by atoms with van der Waals surface area (Å²) in [6, 6.07) is 6.73. The molecule has 0 bridgehead atoms. The van der Waals surface area contributed by atoms with Gasteiger partial charge in [-0.3, -0.25) is 13.9 Å². The molecule has 0 aliphatic carbocycles. The van der Waals surface area contributed by atoms with E-state index in [4.69, 9.17) is 4.42 Å². The van der Waals surface area contributed by atoms with Gasteiger partial charge < -0.3 is 9.52 Å². The number of aliphatic hydroxyl groups is 1. The molecule has 0 amide bonds. The molecule has 0 spiro atoms. The lowest BCUT2D eigenvalue weighted by Crippen LogP contribution is -2.38. The van der Waals surface area contributed by atoms with Crippen molar-refractivity contribution in [1.29, 1.82) is 0 Å². The fraction of sp³-hybridized carbons (Fsp3) is 0.333. The number of hydrogen-bond acceptors (Lipinski definition) is 5. The second-order valence-electron chi connectivity index (χ2n) is 8.56. The zero-order chi connectivity index (χ0) is 24.8. The maximum atomic E-state index is 13.7. The van der Waals surface area contributed by atoms with E-state index in [1.54, 1.807) is 0 Å². The highest BCUT2D eigenvalue weighted by Crippen LogP contribution is 2.40. The van der Waals surface area contributed by atoms with Gasteiger partial charge >= 0.3 is 11.9 Å². The standard InChI is InChI=1S/C24H23F3N2O4S/c1-13(2)11-29-22-19(21(31)28(3)23(29)32)18(20(30)15-8-9-33-12-15)17(34-22)10-14-6-4-5-7-16(14)24(25,26)27/h4-9,12-13,20,30H,10-11H2,1-3H3. The zero-order valence-corrected chi connectivity index (χ0v) is 19.5. The molecule has 0 saturated carbocycles. The molecule has 180 valence electrons. The maximum Gasteiger partial charge on any atom is 0.416 e. The molecule has 1 aromatic carbocycles. The first-order valence-electron chi connectivity index (χ1n) is 10.6. The van der Waals surface area contributed by atoms with Crippen LogP contribution in [0.5, 0.6) is 0 Å². The molecule has 1 N–H and O–H groups in total. The molecule has 4 rings (SSSR count). The average molecular weight is 493 g/mol. The number of nitrogens with zero attached hydrogens (tertiary/aromatic N) is 2. The smallest absolute Gasteiger partial charge is 0.416 e. The largest absolute Gasteiger partial charge is 0.472 e. The molecule has 3 heterocycles. The lowest BCUT2D eigenvalue weighted by molar-refractivity contribution is -0.138. The van der Waals surface area contributed by atoms with Crippen molar-refractivity contribution in [1.82, 2.24) is 9.13 Å². The summed E-state index contributed by atoms with van der Waals surface area (Å²) in [5, 5.41) is 11.3. The van der Waals surface area contributed by atoms with E-state index in [-0.39, 0.29) is 28.9 Å². The number of fused-ring (bicyclic) bond motifs is 1.